The van der Waals surface area contributed by atoms with Crippen molar-refractivity contribution >= 4 is 17.5 Å². The van der Waals surface area contributed by atoms with E-state index in [4.69, 9.17) is 21.1 Å². The first-order valence-corrected chi connectivity index (χ1v) is 9.52. The second-order valence-corrected chi connectivity index (χ2v) is 7.13. The fourth-order valence-electron chi connectivity index (χ4n) is 3.50. The third-order valence-electron chi connectivity index (χ3n) is 4.96. The van der Waals surface area contributed by atoms with Crippen molar-refractivity contribution < 1.29 is 14.3 Å². The Balaban J connectivity index is 1.62. The van der Waals surface area contributed by atoms with Crippen LogP contribution in [0, 0.1) is 0 Å². The number of benzene rings is 1. The fourth-order valence-corrected chi connectivity index (χ4v) is 3.72. The molecule has 3 rings (SSSR count). The molecule has 0 unspecified atom stereocenters. The van der Waals surface area contributed by atoms with E-state index < -0.39 is 0 Å². The number of carbonyl (C=O) groups excluding carboxylic acids is 1. The Morgan fingerprint density at radius 2 is 1.88 bits per heavy atom. The zero-order valence-corrected chi connectivity index (χ0v) is 15.4. The van der Waals surface area contributed by atoms with E-state index in [1.54, 1.807) is 0 Å². The van der Waals surface area contributed by atoms with Gasteiger partial charge in [0, 0.05) is 50.5 Å². The highest BCUT2D eigenvalue weighted by Crippen LogP contribution is 2.18. The predicted octanol–water partition coefficient (Wildman–Crippen LogP) is 2.22. The molecule has 0 atom stereocenters. The van der Waals surface area contributed by atoms with E-state index in [1.807, 2.05) is 24.3 Å². The molecule has 0 bridgehead atoms. The largest absolute Gasteiger partial charge is 0.381 e. The van der Waals surface area contributed by atoms with Crippen LogP contribution in [0.5, 0.6) is 0 Å². The zero-order chi connectivity index (χ0) is 17.5. The molecule has 2 heterocycles. The van der Waals surface area contributed by atoms with Crippen molar-refractivity contribution in [2.75, 3.05) is 52.6 Å². The molecule has 5 nitrogen and oxygen atoms in total. The third kappa shape index (κ3) is 5.68. The van der Waals surface area contributed by atoms with Crippen LogP contribution >= 0.6 is 11.6 Å². The minimum Gasteiger partial charge on any atom is -0.381 e. The minimum atomic E-state index is 0.183. The van der Waals surface area contributed by atoms with Gasteiger partial charge in [0.1, 0.15) is 0 Å². The van der Waals surface area contributed by atoms with Crippen molar-refractivity contribution in [3.05, 3.63) is 34.9 Å². The van der Waals surface area contributed by atoms with Gasteiger partial charge in [-0.15, -0.1) is 0 Å². The lowest BCUT2D eigenvalue weighted by molar-refractivity contribution is -0.135. The summed E-state index contributed by atoms with van der Waals surface area (Å²) in [5.74, 6) is 0.183. The SMILES string of the molecule is O=C(Cc1cccc(Cl)c1)N(CCN1CCOCC1)C1CCOCC1. The predicted molar refractivity (Wildman–Crippen MR) is 98.0 cm³/mol. The van der Waals surface area contributed by atoms with Crippen molar-refractivity contribution in [3.63, 3.8) is 0 Å². The molecule has 2 saturated heterocycles. The number of hydrogen-bond acceptors (Lipinski definition) is 4. The van der Waals surface area contributed by atoms with Crippen molar-refractivity contribution in [2.45, 2.75) is 25.3 Å². The van der Waals surface area contributed by atoms with E-state index in [1.165, 1.54) is 0 Å². The quantitative estimate of drug-likeness (QED) is 0.774. The number of nitrogens with zero attached hydrogens (tertiary/aromatic N) is 2. The summed E-state index contributed by atoms with van der Waals surface area (Å²) < 4.78 is 10.9. The van der Waals surface area contributed by atoms with Gasteiger partial charge in [0.05, 0.1) is 19.6 Å². The van der Waals surface area contributed by atoms with Gasteiger partial charge in [-0.05, 0) is 30.5 Å². The van der Waals surface area contributed by atoms with Crippen LogP contribution in [-0.4, -0.2) is 74.4 Å². The molecule has 2 aliphatic heterocycles. The van der Waals surface area contributed by atoms with Crippen LogP contribution < -0.4 is 0 Å². The second-order valence-electron chi connectivity index (χ2n) is 6.69. The molecule has 0 spiro atoms. The van der Waals surface area contributed by atoms with Crippen molar-refractivity contribution in [1.82, 2.24) is 9.80 Å². The van der Waals surface area contributed by atoms with E-state index in [9.17, 15) is 4.79 Å². The molecule has 0 radical (unpaired) electrons. The molecule has 1 amide bonds. The minimum absolute atomic E-state index is 0.183. The van der Waals surface area contributed by atoms with E-state index in [-0.39, 0.29) is 11.9 Å². The summed E-state index contributed by atoms with van der Waals surface area (Å²) in [6.45, 7) is 6.62. The summed E-state index contributed by atoms with van der Waals surface area (Å²) >= 11 is 6.06. The Bertz CT molecular complexity index is 557. The molecule has 138 valence electrons. The average Bonchev–Trinajstić information content (AvgIpc) is 2.64. The number of hydrogen-bond donors (Lipinski definition) is 0. The monoisotopic (exact) mass is 366 g/mol. The van der Waals surface area contributed by atoms with E-state index in [0.717, 1.165) is 71.0 Å². The summed E-state index contributed by atoms with van der Waals surface area (Å²) in [6, 6.07) is 7.86. The smallest absolute Gasteiger partial charge is 0.227 e. The lowest BCUT2D eigenvalue weighted by atomic mass is 10.0. The molecular formula is C19H27ClN2O3. The van der Waals surface area contributed by atoms with Crippen molar-refractivity contribution in [1.29, 1.82) is 0 Å². The van der Waals surface area contributed by atoms with Gasteiger partial charge in [-0.2, -0.15) is 0 Å². The molecule has 2 aliphatic rings. The maximum atomic E-state index is 13.0. The lowest BCUT2D eigenvalue weighted by Crippen LogP contribution is -2.49. The zero-order valence-electron chi connectivity index (χ0n) is 14.7. The fraction of sp³-hybridized carbons (Fsp3) is 0.632. The highest BCUT2D eigenvalue weighted by atomic mass is 35.5. The summed E-state index contributed by atoms with van der Waals surface area (Å²) in [4.78, 5) is 17.4. The van der Waals surface area contributed by atoms with Gasteiger partial charge in [0.25, 0.3) is 0 Å². The second kappa shape index (κ2) is 9.53. The molecule has 1 aromatic carbocycles. The Hall–Kier alpha value is -1.14. The van der Waals surface area contributed by atoms with Gasteiger partial charge in [-0.1, -0.05) is 23.7 Å². The third-order valence-corrected chi connectivity index (χ3v) is 5.19. The Morgan fingerprint density at radius 1 is 1.16 bits per heavy atom. The maximum absolute atomic E-state index is 13.0. The van der Waals surface area contributed by atoms with Crippen molar-refractivity contribution in [2.24, 2.45) is 0 Å². The topological polar surface area (TPSA) is 42.0 Å². The summed E-state index contributed by atoms with van der Waals surface area (Å²) in [6.07, 6.45) is 2.25. The number of halogens is 1. The van der Waals surface area contributed by atoms with Gasteiger partial charge in [0.15, 0.2) is 0 Å². The van der Waals surface area contributed by atoms with Crippen molar-refractivity contribution in [3.8, 4) is 0 Å². The molecule has 1 aromatic rings. The van der Waals surface area contributed by atoms with Gasteiger partial charge in [-0.25, -0.2) is 0 Å². The Labute approximate surface area is 154 Å². The molecule has 0 aliphatic carbocycles. The summed E-state index contributed by atoms with van der Waals surface area (Å²) in [5.41, 5.74) is 0.973. The number of ether oxygens (including phenoxy) is 2. The van der Waals surface area contributed by atoms with Crippen LogP contribution in [-0.2, 0) is 20.7 Å². The number of morpholine rings is 1. The number of rotatable bonds is 6. The number of amides is 1. The molecule has 2 fully saturated rings. The van der Waals surface area contributed by atoms with Crippen LogP contribution in [0.25, 0.3) is 0 Å². The van der Waals surface area contributed by atoms with E-state index in [0.29, 0.717) is 11.4 Å². The van der Waals surface area contributed by atoms with Gasteiger partial charge >= 0.3 is 0 Å². The molecular weight excluding hydrogens is 340 g/mol. The van der Waals surface area contributed by atoms with Gasteiger partial charge in [-0.3, -0.25) is 9.69 Å². The summed E-state index contributed by atoms with van der Waals surface area (Å²) in [7, 11) is 0. The van der Waals surface area contributed by atoms with Crippen LogP contribution in [0.2, 0.25) is 5.02 Å². The standard InChI is InChI=1S/C19H27ClN2O3/c20-17-3-1-2-16(14-17)15-19(23)22(18-4-10-24-11-5-18)7-6-21-8-12-25-13-9-21/h1-3,14,18H,4-13,15H2. The van der Waals surface area contributed by atoms with Crippen LogP contribution in [0.4, 0.5) is 0 Å². The van der Waals surface area contributed by atoms with Crippen LogP contribution in [0.1, 0.15) is 18.4 Å². The molecule has 0 N–H and O–H groups in total. The van der Waals surface area contributed by atoms with Gasteiger partial charge in [0.2, 0.25) is 5.91 Å². The maximum Gasteiger partial charge on any atom is 0.227 e. The van der Waals surface area contributed by atoms with E-state index >= 15 is 0 Å². The highest BCUT2D eigenvalue weighted by Gasteiger charge is 2.26. The molecule has 6 heteroatoms. The first kappa shape index (κ1) is 18.6. The van der Waals surface area contributed by atoms with Crippen LogP contribution in [0.3, 0.4) is 0 Å². The normalized spacial score (nSPS) is 19.7. The van der Waals surface area contributed by atoms with Gasteiger partial charge < -0.3 is 14.4 Å². The number of carbonyl (C=O) groups is 1. The Morgan fingerprint density at radius 3 is 2.60 bits per heavy atom. The summed E-state index contributed by atoms with van der Waals surface area (Å²) in [5, 5.41) is 0.677. The van der Waals surface area contributed by atoms with E-state index in [2.05, 4.69) is 9.80 Å². The molecule has 0 saturated carbocycles. The average molecular weight is 367 g/mol. The first-order valence-electron chi connectivity index (χ1n) is 9.14. The highest BCUT2D eigenvalue weighted by molar-refractivity contribution is 6.30. The first-order chi connectivity index (χ1) is 12.2. The lowest BCUT2D eigenvalue weighted by Gasteiger charge is -2.36. The Kier molecular flexibility index (Phi) is 7.11. The van der Waals surface area contributed by atoms with Crippen LogP contribution in [0.15, 0.2) is 24.3 Å². The molecule has 25 heavy (non-hydrogen) atoms. The molecule has 0 aromatic heterocycles.